The van der Waals surface area contributed by atoms with Crippen LogP contribution in [0.15, 0.2) is 0 Å². The van der Waals surface area contributed by atoms with Crippen LogP contribution in [-0.4, -0.2) is 36.4 Å². The van der Waals surface area contributed by atoms with E-state index in [1.807, 2.05) is 0 Å². The van der Waals surface area contributed by atoms with Crippen molar-refractivity contribution >= 4 is 5.82 Å². The van der Waals surface area contributed by atoms with Crippen molar-refractivity contribution in [2.45, 2.75) is 25.7 Å². The van der Waals surface area contributed by atoms with E-state index in [4.69, 9.17) is 0 Å². The van der Waals surface area contributed by atoms with Crippen LogP contribution in [0, 0.1) is 0 Å². The van der Waals surface area contributed by atoms with Gasteiger partial charge in [-0.15, -0.1) is 0 Å². The molecule has 15 heavy (non-hydrogen) atoms. The first-order valence-electron chi connectivity index (χ1n) is 5.89. The molecule has 1 unspecified atom stereocenters. The molecule has 4 nitrogen and oxygen atoms in total. The van der Waals surface area contributed by atoms with Crippen LogP contribution in [0.5, 0.6) is 0 Å². The zero-order valence-corrected chi connectivity index (χ0v) is 9.21. The number of nitrogens with zero attached hydrogens (tertiary/aromatic N) is 2. The number of fused-ring (bicyclic) bond motifs is 1. The summed E-state index contributed by atoms with van der Waals surface area (Å²) in [6.07, 6.45) is 2.48. The van der Waals surface area contributed by atoms with Crippen LogP contribution in [0.25, 0.3) is 0 Å². The second kappa shape index (κ2) is 3.52. The van der Waals surface area contributed by atoms with Gasteiger partial charge in [0.25, 0.3) is 0 Å². The number of hydrogen-bond acceptors (Lipinski definition) is 3. The van der Waals surface area contributed by atoms with Gasteiger partial charge in [0.05, 0.1) is 0 Å². The fraction of sp³-hybridized carbons (Fsp3) is 0.727. The molecule has 0 spiro atoms. The largest absolute Gasteiger partial charge is 0.352 e. The number of aromatic amines is 1. The fourth-order valence-electron chi connectivity index (χ4n) is 2.67. The lowest BCUT2D eigenvalue weighted by Gasteiger charge is -2.28. The lowest BCUT2D eigenvalue weighted by Crippen LogP contribution is -2.44. The Morgan fingerprint density at radius 1 is 1.33 bits per heavy atom. The van der Waals surface area contributed by atoms with E-state index in [2.05, 4.69) is 27.3 Å². The van der Waals surface area contributed by atoms with Crippen molar-refractivity contribution in [3.8, 4) is 0 Å². The Hall–Kier alpha value is -1.03. The second-order valence-electron chi connectivity index (χ2n) is 4.62. The third-order valence-corrected chi connectivity index (χ3v) is 3.61. The van der Waals surface area contributed by atoms with Gasteiger partial charge in [0, 0.05) is 37.4 Å². The summed E-state index contributed by atoms with van der Waals surface area (Å²) in [6, 6.07) is 0. The lowest BCUT2D eigenvalue weighted by molar-refractivity contribution is 0.582. The van der Waals surface area contributed by atoms with Crippen molar-refractivity contribution in [2.24, 2.45) is 0 Å². The van der Waals surface area contributed by atoms with Crippen LogP contribution < -0.4 is 10.2 Å². The van der Waals surface area contributed by atoms with Crippen molar-refractivity contribution < 1.29 is 0 Å². The first kappa shape index (κ1) is 9.21. The summed E-state index contributed by atoms with van der Waals surface area (Å²) < 4.78 is 0. The lowest BCUT2D eigenvalue weighted by atomic mass is 10.1. The Labute approximate surface area is 90.0 Å². The number of H-pyrrole nitrogens is 1. The molecule has 82 valence electrons. The van der Waals surface area contributed by atoms with Crippen LogP contribution in [0.3, 0.4) is 0 Å². The van der Waals surface area contributed by atoms with Gasteiger partial charge in [0.1, 0.15) is 0 Å². The van der Waals surface area contributed by atoms with E-state index in [9.17, 15) is 0 Å². The Morgan fingerprint density at radius 3 is 2.93 bits per heavy atom. The summed E-state index contributed by atoms with van der Waals surface area (Å²) in [4.78, 5) is 2.41. The average molecular weight is 206 g/mol. The molecule has 1 aromatic rings. The molecule has 0 saturated carbocycles. The van der Waals surface area contributed by atoms with Gasteiger partial charge >= 0.3 is 0 Å². The standard InChI is InChI=1S/C11H18N4/c1-8-2-3-9-10(8)13-14-11(9)15-6-4-12-5-7-15/h8,12H,2-7H2,1H3,(H,13,14). The van der Waals surface area contributed by atoms with E-state index in [-0.39, 0.29) is 0 Å². The SMILES string of the molecule is CC1CCc2c(N3CCNCC3)n[nH]c21. The van der Waals surface area contributed by atoms with Crippen LogP contribution in [0.4, 0.5) is 5.82 Å². The van der Waals surface area contributed by atoms with Crippen molar-refractivity contribution in [1.29, 1.82) is 0 Å². The van der Waals surface area contributed by atoms with Gasteiger partial charge in [0.2, 0.25) is 0 Å². The quantitative estimate of drug-likeness (QED) is 0.716. The minimum absolute atomic E-state index is 0.671. The third kappa shape index (κ3) is 1.44. The molecular weight excluding hydrogens is 188 g/mol. The van der Waals surface area contributed by atoms with Crippen molar-refractivity contribution in [2.75, 3.05) is 31.1 Å². The van der Waals surface area contributed by atoms with E-state index in [1.165, 1.54) is 29.9 Å². The number of anilines is 1. The number of nitrogens with one attached hydrogen (secondary N) is 2. The van der Waals surface area contributed by atoms with Crippen molar-refractivity contribution in [3.05, 3.63) is 11.3 Å². The predicted molar refractivity (Wildman–Crippen MR) is 60.4 cm³/mol. The average Bonchev–Trinajstić information content (AvgIpc) is 2.83. The van der Waals surface area contributed by atoms with Gasteiger partial charge in [-0.1, -0.05) is 6.92 Å². The summed E-state index contributed by atoms with van der Waals surface area (Å²) in [5.41, 5.74) is 2.85. The smallest absolute Gasteiger partial charge is 0.153 e. The van der Waals surface area contributed by atoms with Crippen LogP contribution in [-0.2, 0) is 6.42 Å². The molecule has 3 rings (SSSR count). The Morgan fingerprint density at radius 2 is 2.13 bits per heavy atom. The molecule has 1 fully saturated rings. The van der Waals surface area contributed by atoms with E-state index in [0.29, 0.717) is 5.92 Å². The molecule has 0 amide bonds. The summed E-state index contributed by atoms with van der Waals surface area (Å²) in [5.74, 6) is 1.89. The van der Waals surface area contributed by atoms with Gasteiger partial charge in [0.15, 0.2) is 5.82 Å². The zero-order chi connectivity index (χ0) is 10.3. The predicted octanol–water partition coefficient (Wildman–Crippen LogP) is 0.869. The summed E-state index contributed by atoms with van der Waals surface area (Å²) in [5, 5.41) is 11.1. The first-order chi connectivity index (χ1) is 7.36. The van der Waals surface area contributed by atoms with Gasteiger partial charge in [-0.3, -0.25) is 5.10 Å². The molecule has 0 radical (unpaired) electrons. The normalized spacial score (nSPS) is 25.7. The third-order valence-electron chi connectivity index (χ3n) is 3.61. The molecule has 1 atom stereocenters. The second-order valence-corrected chi connectivity index (χ2v) is 4.62. The number of piperazine rings is 1. The van der Waals surface area contributed by atoms with Crippen LogP contribution >= 0.6 is 0 Å². The molecule has 2 aliphatic rings. The van der Waals surface area contributed by atoms with Gasteiger partial charge < -0.3 is 10.2 Å². The van der Waals surface area contributed by atoms with Gasteiger partial charge in [-0.2, -0.15) is 5.10 Å². The molecule has 0 bridgehead atoms. The maximum atomic E-state index is 4.49. The highest BCUT2D eigenvalue weighted by Gasteiger charge is 2.27. The summed E-state index contributed by atoms with van der Waals surface area (Å²) in [7, 11) is 0. The fourth-order valence-corrected chi connectivity index (χ4v) is 2.67. The van der Waals surface area contributed by atoms with Crippen LogP contribution in [0.2, 0.25) is 0 Å². The molecule has 2 heterocycles. The highest BCUT2D eigenvalue weighted by atomic mass is 15.3. The summed E-state index contributed by atoms with van der Waals surface area (Å²) in [6.45, 7) is 6.62. The number of aromatic nitrogens is 2. The van der Waals surface area contributed by atoms with E-state index < -0.39 is 0 Å². The zero-order valence-electron chi connectivity index (χ0n) is 9.21. The minimum atomic E-state index is 0.671. The monoisotopic (exact) mass is 206 g/mol. The van der Waals surface area contributed by atoms with Crippen LogP contribution in [0.1, 0.15) is 30.5 Å². The Bertz CT molecular complexity index is 351. The molecule has 1 aliphatic carbocycles. The van der Waals surface area contributed by atoms with E-state index in [1.54, 1.807) is 0 Å². The van der Waals surface area contributed by atoms with E-state index in [0.717, 1.165) is 26.2 Å². The molecule has 1 saturated heterocycles. The number of hydrogen-bond donors (Lipinski definition) is 2. The summed E-state index contributed by atoms with van der Waals surface area (Å²) >= 11 is 0. The molecule has 2 N–H and O–H groups in total. The molecule has 4 heteroatoms. The van der Waals surface area contributed by atoms with Gasteiger partial charge in [-0.25, -0.2) is 0 Å². The topological polar surface area (TPSA) is 44.0 Å². The first-order valence-corrected chi connectivity index (χ1v) is 5.89. The maximum Gasteiger partial charge on any atom is 0.153 e. The Balaban J connectivity index is 1.89. The van der Waals surface area contributed by atoms with Crippen molar-refractivity contribution in [1.82, 2.24) is 15.5 Å². The maximum absolute atomic E-state index is 4.49. The van der Waals surface area contributed by atoms with Crippen molar-refractivity contribution in [3.63, 3.8) is 0 Å². The Kier molecular flexibility index (Phi) is 2.16. The molecule has 1 aliphatic heterocycles. The number of rotatable bonds is 1. The van der Waals surface area contributed by atoms with Gasteiger partial charge in [-0.05, 0) is 18.8 Å². The molecular formula is C11H18N4. The van der Waals surface area contributed by atoms with E-state index >= 15 is 0 Å². The molecule has 1 aromatic heterocycles. The highest BCUT2D eigenvalue weighted by molar-refractivity contribution is 5.52. The molecule has 0 aromatic carbocycles. The minimum Gasteiger partial charge on any atom is -0.352 e. The highest BCUT2D eigenvalue weighted by Crippen LogP contribution is 2.36.